The van der Waals surface area contributed by atoms with Crippen LogP contribution in [0.4, 0.5) is 23.5 Å². The zero-order valence-corrected chi connectivity index (χ0v) is 17.8. The molecule has 0 fully saturated rings. The fourth-order valence-electron chi connectivity index (χ4n) is 3.52. The van der Waals surface area contributed by atoms with Crippen LogP contribution in [0.1, 0.15) is 21.1 Å². The molecule has 1 unspecified atom stereocenters. The second-order valence-electron chi connectivity index (χ2n) is 7.38. The van der Waals surface area contributed by atoms with E-state index < -0.39 is 22.8 Å². The molecule has 2 aromatic heterocycles. The number of rotatable bonds is 4. The van der Waals surface area contributed by atoms with Crippen molar-refractivity contribution in [3.63, 3.8) is 0 Å². The second kappa shape index (κ2) is 8.47. The van der Waals surface area contributed by atoms with Crippen molar-refractivity contribution < 1.29 is 17.6 Å². The largest absolute Gasteiger partial charge is 0.425 e. The van der Waals surface area contributed by atoms with E-state index in [4.69, 9.17) is 5.73 Å². The number of hydrogen-bond donors (Lipinski definition) is 1. The summed E-state index contributed by atoms with van der Waals surface area (Å²) in [4.78, 5) is 22.4. The normalized spacial score (nSPS) is 16.9. The van der Waals surface area contributed by atoms with Crippen molar-refractivity contribution in [2.75, 3.05) is 18.0 Å². The van der Waals surface area contributed by atoms with E-state index in [0.717, 1.165) is 17.2 Å². The predicted octanol–water partition coefficient (Wildman–Crippen LogP) is 3.45. The van der Waals surface area contributed by atoms with E-state index in [-0.39, 0.29) is 18.3 Å². The molecule has 1 aromatic carbocycles. The topological polar surface area (TPSA) is 77.0 Å². The molecule has 0 radical (unpaired) electrons. The molecule has 0 saturated heterocycles. The predicted molar refractivity (Wildman–Crippen MR) is 114 cm³/mol. The van der Waals surface area contributed by atoms with Crippen LogP contribution in [0.15, 0.2) is 47.3 Å². The first-order chi connectivity index (χ1) is 15.1. The number of nitrogens with zero attached hydrogens (tertiary/aromatic N) is 4. The van der Waals surface area contributed by atoms with Gasteiger partial charge in [0.15, 0.2) is 0 Å². The van der Waals surface area contributed by atoms with Gasteiger partial charge in [-0.05, 0) is 42.3 Å². The van der Waals surface area contributed by atoms with Gasteiger partial charge in [0.2, 0.25) is 5.95 Å². The molecule has 0 amide bonds. The Labute approximate surface area is 184 Å². The lowest BCUT2D eigenvalue weighted by Gasteiger charge is -2.31. The van der Waals surface area contributed by atoms with Crippen molar-refractivity contribution in [3.05, 3.63) is 79.9 Å². The van der Waals surface area contributed by atoms with E-state index in [9.17, 15) is 22.4 Å². The maximum Gasteiger partial charge on any atom is 0.425 e. The van der Waals surface area contributed by atoms with Gasteiger partial charge in [0.05, 0.1) is 6.54 Å². The molecule has 2 N–H and O–H groups in total. The monoisotopic (exact) mass is 465 g/mol. The van der Waals surface area contributed by atoms with Gasteiger partial charge < -0.3 is 10.6 Å². The number of anilines is 1. The minimum atomic E-state index is -4.42. The van der Waals surface area contributed by atoms with Crippen LogP contribution in [0.5, 0.6) is 0 Å². The lowest BCUT2D eigenvalue weighted by Crippen LogP contribution is -2.44. The van der Waals surface area contributed by atoms with Crippen molar-refractivity contribution in [1.82, 2.24) is 14.5 Å². The summed E-state index contributed by atoms with van der Waals surface area (Å²) in [6, 6.07) is 8.00. The van der Waals surface area contributed by atoms with Crippen LogP contribution in [0.3, 0.4) is 0 Å². The quantitative estimate of drug-likeness (QED) is 0.598. The van der Waals surface area contributed by atoms with Crippen molar-refractivity contribution >= 4 is 22.9 Å². The standard InChI is InChI=1S/C21H19F4N5OS/c1-12-27-19(28-20(31)30(12)10-15-6-7-18(32-15)21(23,24)25)29-9-8-16(17(26)11-29)13-2-4-14(22)5-3-13/h2-8,17H,9-11,26H2,1H3. The first-order valence-electron chi connectivity index (χ1n) is 9.70. The van der Waals surface area contributed by atoms with Crippen molar-refractivity contribution in [2.24, 2.45) is 5.73 Å². The Morgan fingerprint density at radius 1 is 1.16 bits per heavy atom. The third-order valence-corrected chi connectivity index (χ3v) is 6.26. The van der Waals surface area contributed by atoms with Crippen molar-refractivity contribution in [3.8, 4) is 0 Å². The summed E-state index contributed by atoms with van der Waals surface area (Å²) in [5, 5.41) is 0. The van der Waals surface area contributed by atoms with Crippen molar-refractivity contribution in [2.45, 2.75) is 25.7 Å². The molecule has 0 bridgehead atoms. The summed E-state index contributed by atoms with van der Waals surface area (Å²) in [7, 11) is 0. The Morgan fingerprint density at radius 2 is 1.88 bits per heavy atom. The van der Waals surface area contributed by atoms with Crippen LogP contribution in [0.2, 0.25) is 0 Å². The summed E-state index contributed by atoms with van der Waals surface area (Å²) in [5.74, 6) is 0.210. The first kappa shape index (κ1) is 22.2. The van der Waals surface area contributed by atoms with E-state index >= 15 is 0 Å². The Kier molecular flexibility index (Phi) is 5.87. The zero-order valence-electron chi connectivity index (χ0n) is 16.9. The molecule has 1 atom stereocenters. The molecule has 4 rings (SSSR count). The van der Waals surface area contributed by atoms with Gasteiger partial charge in [-0.25, -0.2) is 9.18 Å². The van der Waals surface area contributed by atoms with E-state index in [2.05, 4.69) is 9.97 Å². The van der Waals surface area contributed by atoms with Gasteiger partial charge in [-0.2, -0.15) is 23.1 Å². The molecule has 32 heavy (non-hydrogen) atoms. The fourth-order valence-corrected chi connectivity index (χ4v) is 4.38. The molecular weight excluding hydrogens is 446 g/mol. The molecule has 3 aromatic rings. The van der Waals surface area contributed by atoms with E-state index in [0.29, 0.717) is 35.1 Å². The summed E-state index contributed by atoms with van der Waals surface area (Å²) < 4.78 is 52.9. The third kappa shape index (κ3) is 4.58. The molecule has 1 aliphatic heterocycles. The maximum absolute atomic E-state index is 13.2. The lowest BCUT2D eigenvalue weighted by atomic mass is 9.95. The third-order valence-electron chi connectivity index (χ3n) is 5.14. The molecule has 1 aliphatic rings. The fraction of sp³-hybridized carbons (Fsp3) is 0.286. The van der Waals surface area contributed by atoms with Gasteiger partial charge in [-0.1, -0.05) is 18.2 Å². The van der Waals surface area contributed by atoms with Crippen LogP contribution in [-0.2, 0) is 12.7 Å². The summed E-state index contributed by atoms with van der Waals surface area (Å²) in [5.41, 5.74) is 7.37. The summed E-state index contributed by atoms with van der Waals surface area (Å²) in [6.45, 7) is 2.32. The zero-order chi connectivity index (χ0) is 23.0. The molecule has 0 aliphatic carbocycles. The Morgan fingerprint density at radius 3 is 2.47 bits per heavy atom. The van der Waals surface area contributed by atoms with Gasteiger partial charge in [-0.3, -0.25) is 4.57 Å². The van der Waals surface area contributed by atoms with Gasteiger partial charge in [0.1, 0.15) is 16.5 Å². The first-order valence-corrected chi connectivity index (χ1v) is 10.5. The highest BCUT2D eigenvalue weighted by Gasteiger charge is 2.32. The van der Waals surface area contributed by atoms with Crippen LogP contribution in [-0.4, -0.2) is 33.7 Å². The van der Waals surface area contributed by atoms with Gasteiger partial charge >= 0.3 is 11.9 Å². The second-order valence-corrected chi connectivity index (χ2v) is 8.55. The Balaban J connectivity index is 1.54. The van der Waals surface area contributed by atoms with Crippen LogP contribution < -0.4 is 16.3 Å². The molecular formula is C21H19F4N5OS. The molecule has 168 valence electrons. The minimum absolute atomic E-state index is 0.0418. The maximum atomic E-state index is 13.2. The van der Waals surface area contributed by atoms with Crippen molar-refractivity contribution in [1.29, 1.82) is 0 Å². The van der Waals surface area contributed by atoms with Gasteiger partial charge in [0, 0.05) is 24.0 Å². The number of hydrogen-bond acceptors (Lipinski definition) is 6. The summed E-state index contributed by atoms with van der Waals surface area (Å²) in [6.07, 6.45) is -2.54. The highest BCUT2D eigenvalue weighted by atomic mass is 32.1. The Bertz CT molecular complexity index is 1220. The minimum Gasteiger partial charge on any atom is -0.335 e. The smallest absolute Gasteiger partial charge is 0.335 e. The number of aromatic nitrogens is 3. The van der Waals surface area contributed by atoms with Gasteiger partial charge in [0.25, 0.3) is 0 Å². The Hall–Kier alpha value is -3.05. The number of thiophene rings is 1. The number of aryl methyl sites for hydroxylation is 1. The number of halogens is 4. The van der Waals surface area contributed by atoms with Crippen LogP contribution in [0.25, 0.3) is 5.57 Å². The lowest BCUT2D eigenvalue weighted by molar-refractivity contribution is -0.134. The van der Waals surface area contributed by atoms with E-state index in [1.807, 2.05) is 6.08 Å². The molecule has 0 saturated carbocycles. The number of benzene rings is 1. The number of nitrogens with two attached hydrogens (primary N) is 1. The molecule has 6 nitrogen and oxygen atoms in total. The highest BCUT2D eigenvalue weighted by molar-refractivity contribution is 7.12. The SMILES string of the molecule is Cc1nc(N2CC=C(c3ccc(F)cc3)C(N)C2)nc(=O)n1Cc1ccc(C(F)(F)F)s1. The van der Waals surface area contributed by atoms with E-state index in [1.165, 1.54) is 22.8 Å². The molecule has 0 spiro atoms. The summed E-state index contributed by atoms with van der Waals surface area (Å²) >= 11 is 0.585. The molecule has 11 heteroatoms. The number of alkyl halides is 3. The van der Waals surface area contributed by atoms with E-state index in [1.54, 1.807) is 24.0 Å². The molecule has 3 heterocycles. The van der Waals surface area contributed by atoms with Gasteiger partial charge in [-0.15, -0.1) is 11.3 Å². The van der Waals surface area contributed by atoms with Crippen LogP contribution in [0, 0.1) is 12.7 Å². The highest BCUT2D eigenvalue weighted by Crippen LogP contribution is 2.34. The average Bonchev–Trinajstić information content (AvgIpc) is 3.21. The van der Waals surface area contributed by atoms with Crippen LogP contribution >= 0.6 is 11.3 Å². The average molecular weight is 465 g/mol.